The lowest BCUT2D eigenvalue weighted by atomic mass is 10.1. The molecule has 26 heavy (non-hydrogen) atoms. The van der Waals surface area contributed by atoms with Crippen molar-refractivity contribution < 1.29 is 4.79 Å². The number of amides is 1. The first-order valence-corrected chi connectivity index (χ1v) is 9.38. The smallest absolute Gasteiger partial charge is 0.259 e. The van der Waals surface area contributed by atoms with Gasteiger partial charge in [-0.3, -0.25) is 4.79 Å². The number of unbranched alkanes of at least 4 members (excludes halogenated alkanes) is 1. The molecule has 0 fully saturated rings. The average Bonchev–Trinajstić information content (AvgIpc) is 3.26. The number of rotatable bonds is 6. The molecule has 0 saturated heterocycles. The van der Waals surface area contributed by atoms with Crippen LogP contribution in [-0.4, -0.2) is 20.4 Å². The van der Waals surface area contributed by atoms with Crippen molar-refractivity contribution in [1.29, 1.82) is 0 Å². The number of aryl methyl sites for hydroxylation is 2. The summed E-state index contributed by atoms with van der Waals surface area (Å²) in [6.45, 7) is 0.833. The molecule has 4 rings (SSSR count). The van der Waals surface area contributed by atoms with E-state index in [2.05, 4.69) is 14.5 Å². The summed E-state index contributed by atoms with van der Waals surface area (Å²) in [4.78, 5) is 21.0. The summed E-state index contributed by atoms with van der Waals surface area (Å²) in [5.74, 6) is 0.117. The SMILES string of the molecule is NC(=O)c1sccc1CCCCn1cnc2c(N)nc3ccccc3c21. The molecule has 0 spiro atoms. The topological polar surface area (TPSA) is 99.8 Å². The summed E-state index contributed by atoms with van der Waals surface area (Å²) in [6, 6.07) is 9.95. The highest BCUT2D eigenvalue weighted by molar-refractivity contribution is 7.12. The highest BCUT2D eigenvalue weighted by Gasteiger charge is 2.12. The number of pyridine rings is 1. The largest absolute Gasteiger partial charge is 0.382 e. The third-order valence-corrected chi connectivity index (χ3v) is 5.52. The first-order valence-electron chi connectivity index (χ1n) is 8.50. The van der Waals surface area contributed by atoms with Crippen LogP contribution >= 0.6 is 11.3 Å². The average molecular weight is 365 g/mol. The lowest BCUT2D eigenvalue weighted by molar-refractivity contribution is 0.100. The first kappa shape index (κ1) is 16.5. The summed E-state index contributed by atoms with van der Waals surface area (Å²) in [5, 5.41) is 2.98. The third-order valence-electron chi connectivity index (χ3n) is 4.55. The van der Waals surface area contributed by atoms with Crippen molar-refractivity contribution in [2.45, 2.75) is 25.8 Å². The zero-order chi connectivity index (χ0) is 18.1. The molecule has 1 amide bonds. The molecule has 3 aromatic heterocycles. The van der Waals surface area contributed by atoms with Gasteiger partial charge in [-0.15, -0.1) is 11.3 Å². The van der Waals surface area contributed by atoms with E-state index in [4.69, 9.17) is 11.5 Å². The Morgan fingerprint density at radius 2 is 2.04 bits per heavy atom. The van der Waals surface area contributed by atoms with Gasteiger partial charge in [-0.05, 0) is 42.3 Å². The molecule has 6 nitrogen and oxygen atoms in total. The van der Waals surface area contributed by atoms with E-state index in [9.17, 15) is 4.79 Å². The van der Waals surface area contributed by atoms with Crippen LogP contribution < -0.4 is 11.5 Å². The van der Waals surface area contributed by atoms with Gasteiger partial charge in [-0.25, -0.2) is 9.97 Å². The van der Waals surface area contributed by atoms with Crippen molar-refractivity contribution in [1.82, 2.24) is 14.5 Å². The number of para-hydroxylation sites is 1. The predicted octanol–water partition coefficient (Wildman–Crippen LogP) is 3.35. The van der Waals surface area contributed by atoms with Gasteiger partial charge < -0.3 is 16.0 Å². The van der Waals surface area contributed by atoms with Gasteiger partial charge in [0.1, 0.15) is 5.52 Å². The number of carbonyl (C=O) groups excluding carboxylic acids is 1. The molecule has 0 aliphatic carbocycles. The maximum Gasteiger partial charge on any atom is 0.259 e. The van der Waals surface area contributed by atoms with E-state index in [0.29, 0.717) is 10.7 Å². The molecule has 0 saturated carbocycles. The van der Waals surface area contributed by atoms with Gasteiger partial charge in [0.25, 0.3) is 5.91 Å². The van der Waals surface area contributed by atoms with Crippen LogP contribution in [-0.2, 0) is 13.0 Å². The van der Waals surface area contributed by atoms with E-state index in [0.717, 1.165) is 53.3 Å². The molecular formula is C19H19N5OS. The number of aromatic nitrogens is 3. The van der Waals surface area contributed by atoms with Gasteiger partial charge in [-0.1, -0.05) is 18.2 Å². The number of imidazole rings is 1. The number of hydrogen-bond acceptors (Lipinski definition) is 5. The number of nitrogens with two attached hydrogens (primary N) is 2. The second-order valence-electron chi connectivity index (χ2n) is 6.25. The minimum atomic E-state index is -0.343. The van der Waals surface area contributed by atoms with Crippen LogP contribution in [0.5, 0.6) is 0 Å². The second kappa shape index (κ2) is 6.76. The monoisotopic (exact) mass is 365 g/mol. The molecule has 132 valence electrons. The molecule has 4 aromatic rings. The Morgan fingerprint density at radius 3 is 2.88 bits per heavy atom. The number of carbonyl (C=O) groups is 1. The summed E-state index contributed by atoms with van der Waals surface area (Å²) in [6.07, 6.45) is 4.61. The van der Waals surface area contributed by atoms with Gasteiger partial charge in [0.05, 0.1) is 22.2 Å². The zero-order valence-electron chi connectivity index (χ0n) is 14.2. The standard InChI is InChI=1S/C19H19N5OS/c20-18-15-16(13-6-1-2-7-14(13)23-18)24(11-22-15)9-4-3-5-12-8-10-26-17(12)19(21)25/h1-2,6-8,10-11H,3-5,9H2,(H2,20,23)(H2,21,25). The molecule has 0 unspecified atom stereocenters. The number of hydrogen-bond donors (Lipinski definition) is 2. The predicted molar refractivity (Wildman–Crippen MR) is 105 cm³/mol. The van der Waals surface area contributed by atoms with Crippen molar-refractivity contribution in [3.63, 3.8) is 0 Å². The van der Waals surface area contributed by atoms with Crippen LogP contribution in [0.1, 0.15) is 28.1 Å². The van der Waals surface area contributed by atoms with Crippen LogP contribution in [0.3, 0.4) is 0 Å². The fourth-order valence-corrected chi connectivity index (χ4v) is 4.13. The second-order valence-corrected chi connectivity index (χ2v) is 7.16. The number of anilines is 1. The van der Waals surface area contributed by atoms with Crippen LogP contribution in [0.25, 0.3) is 21.9 Å². The Balaban J connectivity index is 1.53. The van der Waals surface area contributed by atoms with E-state index in [1.165, 1.54) is 11.3 Å². The maximum atomic E-state index is 11.4. The number of nitrogens with zero attached hydrogens (tertiary/aromatic N) is 3. The number of benzene rings is 1. The molecule has 0 bridgehead atoms. The van der Waals surface area contributed by atoms with E-state index >= 15 is 0 Å². The van der Waals surface area contributed by atoms with Gasteiger partial charge >= 0.3 is 0 Å². The lowest BCUT2D eigenvalue weighted by Gasteiger charge is -2.08. The number of fused-ring (bicyclic) bond motifs is 3. The van der Waals surface area contributed by atoms with Gasteiger partial charge in [-0.2, -0.15) is 0 Å². The van der Waals surface area contributed by atoms with Gasteiger partial charge in [0.15, 0.2) is 5.82 Å². The minimum Gasteiger partial charge on any atom is -0.382 e. The van der Waals surface area contributed by atoms with Crippen LogP contribution in [0.15, 0.2) is 42.0 Å². The molecular weight excluding hydrogens is 346 g/mol. The third kappa shape index (κ3) is 2.90. The lowest BCUT2D eigenvalue weighted by Crippen LogP contribution is -2.11. The molecule has 7 heteroatoms. The van der Waals surface area contributed by atoms with E-state index in [-0.39, 0.29) is 5.91 Å². The van der Waals surface area contributed by atoms with E-state index < -0.39 is 0 Å². The number of primary amides is 1. The van der Waals surface area contributed by atoms with Crippen LogP contribution in [0.4, 0.5) is 5.82 Å². The Labute approximate surface area is 154 Å². The number of thiophene rings is 1. The Morgan fingerprint density at radius 1 is 1.19 bits per heavy atom. The Kier molecular flexibility index (Phi) is 4.30. The summed E-state index contributed by atoms with van der Waals surface area (Å²) in [5.41, 5.74) is 15.2. The summed E-state index contributed by atoms with van der Waals surface area (Å²) >= 11 is 1.41. The highest BCUT2D eigenvalue weighted by atomic mass is 32.1. The Hall–Kier alpha value is -2.93. The van der Waals surface area contributed by atoms with Crippen molar-refractivity contribution in [2.75, 3.05) is 5.73 Å². The molecule has 4 N–H and O–H groups in total. The molecule has 0 atom stereocenters. The summed E-state index contributed by atoms with van der Waals surface area (Å²) in [7, 11) is 0. The van der Waals surface area contributed by atoms with Crippen LogP contribution in [0, 0.1) is 0 Å². The van der Waals surface area contributed by atoms with E-state index in [1.54, 1.807) is 0 Å². The Bertz CT molecular complexity index is 1100. The molecule has 1 aromatic carbocycles. The molecule has 0 radical (unpaired) electrons. The minimum absolute atomic E-state index is 0.343. The quantitative estimate of drug-likeness (QED) is 0.512. The van der Waals surface area contributed by atoms with Crippen molar-refractivity contribution in [3.05, 3.63) is 52.5 Å². The first-order chi connectivity index (χ1) is 12.6. The summed E-state index contributed by atoms with van der Waals surface area (Å²) < 4.78 is 2.14. The highest BCUT2D eigenvalue weighted by Crippen LogP contribution is 2.27. The molecule has 3 heterocycles. The van der Waals surface area contributed by atoms with Gasteiger partial charge in [0.2, 0.25) is 0 Å². The van der Waals surface area contributed by atoms with Gasteiger partial charge in [0, 0.05) is 11.9 Å². The normalized spacial score (nSPS) is 11.4. The zero-order valence-corrected chi connectivity index (χ0v) is 15.0. The fraction of sp³-hybridized carbons (Fsp3) is 0.211. The molecule has 0 aliphatic heterocycles. The van der Waals surface area contributed by atoms with Crippen molar-refractivity contribution >= 4 is 45.0 Å². The number of nitrogen functional groups attached to an aromatic ring is 1. The van der Waals surface area contributed by atoms with Crippen molar-refractivity contribution in [2.24, 2.45) is 5.73 Å². The molecule has 0 aliphatic rings. The van der Waals surface area contributed by atoms with E-state index in [1.807, 2.05) is 42.0 Å². The fourth-order valence-electron chi connectivity index (χ4n) is 3.32. The maximum absolute atomic E-state index is 11.4. The van der Waals surface area contributed by atoms with Crippen molar-refractivity contribution in [3.8, 4) is 0 Å². The van der Waals surface area contributed by atoms with Crippen LogP contribution in [0.2, 0.25) is 0 Å².